The quantitative estimate of drug-likeness (QED) is 0.750. The van der Waals surface area contributed by atoms with Crippen molar-refractivity contribution in [2.45, 2.75) is 33.6 Å². The summed E-state index contributed by atoms with van der Waals surface area (Å²) in [6, 6.07) is 10.1. The Morgan fingerprint density at radius 3 is 2.52 bits per heavy atom. The molecular weight excluding hydrogens is 260 g/mol. The average Bonchev–Trinajstić information content (AvgIpc) is 2.80. The van der Waals surface area contributed by atoms with Gasteiger partial charge in [0.1, 0.15) is 0 Å². The van der Waals surface area contributed by atoms with Crippen LogP contribution in [-0.2, 0) is 12.8 Å². The first kappa shape index (κ1) is 13.6. The predicted octanol–water partition coefficient (Wildman–Crippen LogP) is 3.08. The number of nitrogens with two attached hydrogens (primary N) is 1. The molecule has 3 rings (SSSR count). The van der Waals surface area contributed by atoms with E-state index in [1.807, 2.05) is 23.6 Å². The van der Waals surface area contributed by atoms with Crippen LogP contribution in [0.15, 0.2) is 30.3 Å². The lowest BCUT2D eigenvalue weighted by molar-refractivity contribution is 0.849. The summed E-state index contributed by atoms with van der Waals surface area (Å²) >= 11 is 0. The van der Waals surface area contributed by atoms with Crippen LogP contribution in [0.2, 0.25) is 0 Å². The molecule has 0 fully saturated rings. The molecule has 0 bridgehead atoms. The van der Waals surface area contributed by atoms with Gasteiger partial charge in [0.15, 0.2) is 5.65 Å². The van der Waals surface area contributed by atoms with Gasteiger partial charge in [-0.05, 0) is 44.0 Å². The third-order valence-corrected chi connectivity index (χ3v) is 3.77. The Morgan fingerprint density at radius 1 is 1.14 bits per heavy atom. The maximum atomic E-state index is 5.76. The van der Waals surface area contributed by atoms with Crippen LogP contribution in [0.5, 0.6) is 0 Å². The van der Waals surface area contributed by atoms with E-state index in [9.17, 15) is 0 Å². The minimum Gasteiger partial charge on any atom is -0.399 e. The fraction of sp³-hybridized carbons (Fsp3) is 0.294. The lowest BCUT2D eigenvalue weighted by Gasteiger charge is -2.04. The standard InChI is InChI=1S/C17H20N4/c1-4-16-15(10-13-5-7-14(18)8-6-13)17-19-11(2)9-12(3)21(17)20-16/h5-9H,4,10,18H2,1-3H3. The second kappa shape index (κ2) is 5.20. The summed E-state index contributed by atoms with van der Waals surface area (Å²) in [5.41, 5.74) is 13.2. The predicted molar refractivity (Wildman–Crippen MR) is 85.5 cm³/mol. The maximum Gasteiger partial charge on any atom is 0.159 e. The van der Waals surface area contributed by atoms with Gasteiger partial charge in [0.2, 0.25) is 0 Å². The van der Waals surface area contributed by atoms with Crippen LogP contribution in [0, 0.1) is 13.8 Å². The third kappa shape index (κ3) is 2.49. The number of nitrogen functional groups attached to an aromatic ring is 1. The number of benzene rings is 1. The number of aromatic nitrogens is 3. The molecule has 21 heavy (non-hydrogen) atoms. The molecule has 2 N–H and O–H groups in total. The Kier molecular flexibility index (Phi) is 3.37. The van der Waals surface area contributed by atoms with Gasteiger partial charge < -0.3 is 5.73 Å². The van der Waals surface area contributed by atoms with Crippen molar-refractivity contribution in [1.29, 1.82) is 0 Å². The number of hydrogen-bond donors (Lipinski definition) is 1. The van der Waals surface area contributed by atoms with Crippen molar-refractivity contribution in [3.05, 3.63) is 58.5 Å². The minimum atomic E-state index is 0.791. The fourth-order valence-electron chi connectivity index (χ4n) is 2.71. The van der Waals surface area contributed by atoms with Crippen LogP contribution in [0.3, 0.4) is 0 Å². The molecule has 2 aromatic heterocycles. The van der Waals surface area contributed by atoms with Crippen molar-refractivity contribution in [3.8, 4) is 0 Å². The normalized spacial score (nSPS) is 11.2. The maximum absolute atomic E-state index is 5.76. The van der Waals surface area contributed by atoms with Crippen LogP contribution in [-0.4, -0.2) is 14.6 Å². The summed E-state index contributed by atoms with van der Waals surface area (Å²) in [5, 5.41) is 4.71. The smallest absolute Gasteiger partial charge is 0.159 e. The lowest BCUT2D eigenvalue weighted by Crippen LogP contribution is -1.98. The first-order valence-electron chi connectivity index (χ1n) is 7.27. The van der Waals surface area contributed by atoms with Gasteiger partial charge in [0.25, 0.3) is 0 Å². The molecule has 0 amide bonds. The number of anilines is 1. The molecule has 0 aliphatic heterocycles. The van der Waals surface area contributed by atoms with Gasteiger partial charge in [0.05, 0.1) is 5.69 Å². The summed E-state index contributed by atoms with van der Waals surface area (Å²) in [7, 11) is 0. The Balaban J connectivity index is 2.13. The van der Waals surface area contributed by atoms with Crippen molar-refractivity contribution in [2.75, 3.05) is 5.73 Å². The molecule has 0 aliphatic rings. The van der Waals surface area contributed by atoms with E-state index < -0.39 is 0 Å². The van der Waals surface area contributed by atoms with E-state index >= 15 is 0 Å². The van der Waals surface area contributed by atoms with Crippen molar-refractivity contribution in [1.82, 2.24) is 14.6 Å². The third-order valence-electron chi connectivity index (χ3n) is 3.77. The first-order chi connectivity index (χ1) is 10.1. The van der Waals surface area contributed by atoms with Crippen LogP contribution >= 0.6 is 0 Å². The molecule has 4 nitrogen and oxygen atoms in total. The minimum absolute atomic E-state index is 0.791. The number of hydrogen-bond acceptors (Lipinski definition) is 3. The zero-order valence-corrected chi connectivity index (χ0v) is 12.7. The van der Waals surface area contributed by atoms with Gasteiger partial charge >= 0.3 is 0 Å². The molecule has 0 radical (unpaired) electrons. The molecule has 1 aromatic carbocycles. The molecule has 4 heteroatoms. The highest BCUT2D eigenvalue weighted by atomic mass is 15.3. The van der Waals surface area contributed by atoms with Crippen molar-refractivity contribution in [3.63, 3.8) is 0 Å². The molecule has 2 heterocycles. The van der Waals surface area contributed by atoms with Gasteiger partial charge in [0, 0.05) is 29.1 Å². The van der Waals surface area contributed by atoms with E-state index in [-0.39, 0.29) is 0 Å². The van der Waals surface area contributed by atoms with Gasteiger partial charge in [-0.2, -0.15) is 5.10 Å². The molecule has 0 aliphatic carbocycles. The second-order valence-corrected chi connectivity index (χ2v) is 5.47. The van der Waals surface area contributed by atoms with Gasteiger partial charge in [-0.25, -0.2) is 9.50 Å². The summed E-state index contributed by atoms with van der Waals surface area (Å²) in [4.78, 5) is 4.69. The molecular formula is C17H20N4. The van der Waals surface area contributed by atoms with E-state index in [0.717, 1.165) is 41.3 Å². The Hall–Kier alpha value is -2.36. The summed E-state index contributed by atoms with van der Waals surface area (Å²) < 4.78 is 1.96. The Morgan fingerprint density at radius 2 is 1.86 bits per heavy atom. The van der Waals surface area contributed by atoms with E-state index in [2.05, 4.69) is 32.0 Å². The molecule has 0 spiro atoms. The molecule has 3 aromatic rings. The van der Waals surface area contributed by atoms with Crippen LogP contribution in [0.4, 0.5) is 5.69 Å². The highest BCUT2D eigenvalue weighted by Crippen LogP contribution is 2.21. The van der Waals surface area contributed by atoms with Gasteiger partial charge in [-0.15, -0.1) is 0 Å². The number of rotatable bonds is 3. The van der Waals surface area contributed by atoms with Crippen LogP contribution < -0.4 is 5.73 Å². The monoisotopic (exact) mass is 280 g/mol. The van der Waals surface area contributed by atoms with E-state index in [1.165, 1.54) is 11.1 Å². The zero-order valence-electron chi connectivity index (χ0n) is 12.7. The van der Waals surface area contributed by atoms with E-state index in [0.29, 0.717) is 0 Å². The fourth-order valence-corrected chi connectivity index (χ4v) is 2.71. The van der Waals surface area contributed by atoms with Crippen molar-refractivity contribution < 1.29 is 0 Å². The molecule has 108 valence electrons. The van der Waals surface area contributed by atoms with Gasteiger partial charge in [-0.1, -0.05) is 19.1 Å². The molecule has 0 unspecified atom stereocenters. The highest BCUT2D eigenvalue weighted by molar-refractivity contribution is 5.54. The summed E-state index contributed by atoms with van der Waals surface area (Å²) in [6.45, 7) is 6.23. The zero-order chi connectivity index (χ0) is 15.0. The number of nitrogens with zero attached hydrogens (tertiary/aromatic N) is 3. The van der Waals surface area contributed by atoms with Crippen LogP contribution in [0.25, 0.3) is 5.65 Å². The highest BCUT2D eigenvalue weighted by Gasteiger charge is 2.14. The van der Waals surface area contributed by atoms with Crippen molar-refractivity contribution >= 4 is 11.3 Å². The SMILES string of the molecule is CCc1nn2c(C)cc(C)nc2c1Cc1ccc(N)cc1. The van der Waals surface area contributed by atoms with Gasteiger partial charge in [-0.3, -0.25) is 0 Å². The Bertz CT molecular complexity index is 785. The largest absolute Gasteiger partial charge is 0.399 e. The van der Waals surface area contributed by atoms with Crippen LogP contribution in [0.1, 0.15) is 35.1 Å². The number of fused-ring (bicyclic) bond motifs is 1. The first-order valence-corrected chi connectivity index (χ1v) is 7.27. The van der Waals surface area contributed by atoms with E-state index in [4.69, 9.17) is 15.8 Å². The average molecular weight is 280 g/mol. The lowest BCUT2D eigenvalue weighted by atomic mass is 10.0. The topological polar surface area (TPSA) is 56.2 Å². The summed E-state index contributed by atoms with van der Waals surface area (Å²) in [5.74, 6) is 0. The molecule has 0 atom stereocenters. The van der Waals surface area contributed by atoms with Crippen molar-refractivity contribution in [2.24, 2.45) is 0 Å². The Labute approximate surface area is 124 Å². The second-order valence-electron chi connectivity index (χ2n) is 5.47. The molecule has 0 saturated carbocycles. The summed E-state index contributed by atoms with van der Waals surface area (Å²) in [6.07, 6.45) is 1.75. The number of aryl methyl sites for hydroxylation is 3. The molecule has 0 saturated heterocycles. The van der Waals surface area contributed by atoms with E-state index in [1.54, 1.807) is 0 Å².